The third-order valence-corrected chi connectivity index (χ3v) is 15.2. The zero-order valence-corrected chi connectivity index (χ0v) is 28.8. The van der Waals surface area contributed by atoms with Crippen LogP contribution in [0.15, 0.2) is 29.2 Å². The molecule has 2 saturated heterocycles. The maximum Gasteiger partial charge on any atom is 0.302 e. The van der Waals surface area contributed by atoms with E-state index in [2.05, 4.69) is 20.8 Å². The van der Waals surface area contributed by atoms with E-state index in [4.69, 9.17) is 18.4 Å². The van der Waals surface area contributed by atoms with Gasteiger partial charge in [-0.15, -0.1) is 0 Å². The molecule has 1 N–H and O–H groups in total. The zero-order valence-electron chi connectivity index (χ0n) is 28.0. The highest BCUT2D eigenvalue weighted by Crippen LogP contribution is 2.71. The van der Waals surface area contributed by atoms with Crippen LogP contribution in [0.1, 0.15) is 91.5 Å². The van der Waals surface area contributed by atoms with Crippen LogP contribution in [-0.4, -0.2) is 61.6 Å². The summed E-state index contributed by atoms with van der Waals surface area (Å²) >= 11 is 0. The second-order valence-electron chi connectivity index (χ2n) is 16.1. The molecule has 1 aromatic carbocycles. The van der Waals surface area contributed by atoms with Crippen LogP contribution < -0.4 is 0 Å². The molecule has 0 radical (unpaired) electrons. The normalized spacial score (nSPS) is 48.3. The third kappa shape index (κ3) is 4.49. The molecule has 0 bridgehead atoms. The highest BCUT2D eigenvalue weighted by Gasteiger charge is 2.78. The molecular formula is C36H50O9S. The fourth-order valence-electron chi connectivity index (χ4n) is 11.2. The van der Waals surface area contributed by atoms with Gasteiger partial charge in [0.2, 0.25) is 0 Å². The molecule has 4 aliphatic carbocycles. The van der Waals surface area contributed by atoms with E-state index < -0.39 is 44.4 Å². The summed E-state index contributed by atoms with van der Waals surface area (Å²) in [5.41, 5.74) is -2.27. The fourth-order valence-corrected chi connectivity index (χ4v) is 12.3. The average molecular weight is 659 g/mol. The Morgan fingerprint density at radius 2 is 1.74 bits per heavy atom. The summed E-state index contributed by atoms with van der Waals surface area (Å²) in [6, 6.07) is 6.38. The highest BCUT2D eigenvalue weighted by molar-refractivity contribution is 7.86. The topological polar surface area (TPSA) is 125 Å². The van der Waals surface area contributed by atoms with Crippen molar-refractivity contribution in [1.82, 2.24) is 0 Å². The molecule has 4 saturated carbocycles. The summed E-state index contributed by atoms with van der Waals surface area (Å²) in [5, 5.41) is 13.2. The second kappa shape index (κ2) is 10.8. The number of ether oxygens (including phenoxy) is 3. The van der Waals surface area contributed by atoms with Crippen molar-refractivity contribution in [3.05, 3.63) is 29.8 Å². The van der Waals surface area contributed by atoms with Crippen LogP contribution in [0.5, 0.6) is 0 Å². The van der Waals surface area contributed by atoms with Gasteiger partial charge in [-0.1, -0.05) is 45.4 Å². The van der Waals surface area contributed by atoms with E-state index >= 15 is 4.79 Å². The fraction of sp³-hybridized carbons (Fsp3) is 0.778. The van der Waals surface area contributed by atoms with E-state index in [-0.39, 0.29) is 52.5 Å². The van der Waals surface area contributed by atoms with Crippen LogP contribution >= 0.6 is 0 Å². The molecule has 254 valence electrons. The molecule has 1 aromatic rings. The lowest BCUT2D eigenvalue weighted by molar-refractivity contribution is -0.279. The first-order valence-electron chi connectivity index (χ1n) is 17.3. The predicted octanol–water partition coefficient (Wildman–Crippen LogP) is 5.35. The van der Waals surface area contributed by atoms with E-state index in [1.807, 2.05) is 13.8 Å². The van der Waals surface area contributed by atoms with Crippen molar-refractivity contribution < 1.29 is 41.5 Å². The Morgan fingerprint density at radius 1 is 1.02 bits per heavy atom. The van der Waals surface area contributed by atoms with E-state index in [9.17, 15) is 18.3 Å². The van der Waals surface area contributed by atoms with E-state index in [0.717, 1.165) is 24.8 Å². The average Bonchev–Trinajstić information content (AvgIpc) is 3.39. The monoisotopic (exact) mass is 658 g/mol. The number of hydrogen-bond donors (Lipinski definition) is 1. The molecule has 11 unspecified atom stereocenters. The van der Waals surface area contributed by atoms with Crippen molar-refractivity contribution in [1.29, 1.82) is 0 Å². The van der Waals surface area contributed by atoms with Gasteiger partial charge in [0.1, 0.15) is 11.7 Å². The van der Waals surface area contributed by atoms with Gasteiger partial charge >= 0.3 is 5.97 Å². The van der Waals surface area contributed by atoms with Crippen molar-refractivity contribution >= 4 is 21.9 Å². The minimum atomic E-state index is -4.41. The first-order chi connectivity index (χ1) is 21.6. The molecule has 0 amide bonds. The lowest BCUT2D eigenvalue weighted by Gasteiger charge is -2.65. The number of fused-ring (bicyclic) bond motifs is 7. The summed E-state index contributed by atoms with van der Waals surface area (Å²) < 4.78 is 52.9. The Morgan fingerprint density at radius 3 is 2.39 bits per heavy atom. The number of Topliss-reactive ketones (excluding diaryl/α,β-unsaturated/α-hetero) is 1. The number of carbonyl (C=O) groups excluding carboxylic acids is 2. The number of esters is 1. The summed E-state index contributed by atoms with van der Waals surface area (Å²) in [6.07, 6.45) is 3.23. The number of carbonyl (C=O) groups is 2. The number of hydrogen-bond acceptors (Lipinski definition) is 9. The lowest BCUT2D eigenvalue weighted by atomic mass is 9.42. The van der Waals surface area contributed by atoms with Gasteiger partial charge in [0.15, 0.2) is 17.7 Å². The van der Waals surface area contributed by atoms with Crippen molar-refractivity contribution in [2.75, 3.05) is 6.61 Å². The lowest BCUT2D eigenvalue weighted by Crippen LogP contribution is -2.74. The number of ketones is 1. The van der Waals surface area contributed by atoms with Gasteiger partial charge < -0.3 is 19.3 Å². The van der Waals surface area contributed by atoms with Crippen molar-refractivity contribution in [2.45, 2.75) is 128 Å². The Hall–Kier alpha value is -1.85. The largest absolute Gasteiger partial charge is 0.463 e. The molecule has 13 atom stereocenters. The van der Waals surface area contributed by atoms with Crippen LogP contribution in [0.4, 0.5) is 0 Å². The molecule has 9 nitrogen and oxygen atoms in total. The van der Waals surface area contributed by atoms with Gasteiger partial charge in [0.05, 0.1) is 17.6 Å². The quantitative estimate of drug-likeness (QED) is 0.337. The molecule has 2 heterocycles. The molecule has 2 aliphatic heterocycles. The van der Waals surface area contributed by atoms with Gasteiger partial charge in [0, 0.05) is 36.0 Å². The summed E-state index contributed by atoms with van der Waals surface area (Å²) in [6.45, 7) is 12.3. The predicted molar refractivity (Wildman–Crippen MR) is 168 cm³/mol. The van der Waals surface area contributed by atoms with Crippen LogP contribution in [0.2, 0.25) is 0 Å². The van der Waals surface area contributed by atoms with Gasteiger partial charge in [-0.3, -0.25) is 13.8 Å². The van der Waals surface area contributed by atoms with Crippen LogP contribution in [0.25, 0.3) is 0 Å². The summed E-state index contributed by atoms with van der Waals surface area (Å²) in [5.74, 6) is -2.28. The molecule has 0 aromatic heterocycles. The Balaban J connectivity index is 1.30. The zero-order chi connectivity index (χ0) is 33.0. The first-order valence-corrected chi connectivity index (χ1v) is 18.7. The Kier molecular flexibility index (Phi) is 7.69. The van der Waals surface area contributed by atoms with Gasteiger partial charge in [0.25, 0.3) is 10.1 Å². The van der Waals surface area contributed by atoms with Gasteiger partial charge in [-0.25, -0.2) is 0 Å². The van der Waals surface area contributed by atoms with E-state index in [1.165, 1.54) is 19.1 Å². The Labute approximate surface area is 273 Å². The minimum Gasteiger partial charge on any atom is -0.463 e. The number of aryl methyl sites for hydroxylation is 1. The molecule has 6 aliphatic rings. The van der Waals surface area contributed by atoms with Crippen LogP contribution in [0.3, 0.4) is 0 Å². The highest BCUT2D eigenvalue weighted by atomic mass is 32.2. The van der Waals surface area contributed by atoms with Gasteiger partial charge in [-0.05, 0) is 87.7 Å². The molecule has 7 rings (SSSR count). The number of aliphatic hydroxyl groups is 1. The minimum absolute atomic E-state index is 0.0407. The van der Waals surface area contributed by atoms with Crippen LogP contribution in [0, 0.1) is 53.3 Å². The Bertz CT molecular complexity index is 1500. The SMILES string of the molecule is CC(=O)OC1CCC2(C)C(CCC3C4CC5OC6(CCC(C)CO6)C(C)C5(C)C4C(=O)[C@@H](OS(=O)(=O)c4ccc(C)cc4)[C@@]32O)C1. The first kappa shape index (κ1) is 32.7. The molecular weight excluding hydrogens is 608 g/mol. The van der Waals surface area contributed by atoms with Crippen molar-refractivity contribution in [3.63, 3.8) is 0 Å². The standard InChI is InChI=1S/C36H50O9S/c1-20-7-10-26(11-8-20)46(40,41)45-32-31(38)30-27(18-29-34(30,6)22(3)35(44-29)16-13-21(2)19-42-35)28-12-9-24-17-25(43-23(4)37)14-15-33(24,5)36(28,32)39/h7-8,10-11,21-22,24-25,27-30,32,39H,9,12-19H2,1-6H3/t21?,22?,24?,25?,27?,28?,29?,30?,32-,33?,34?,35?,36+/m1/s1. The third-order valence-electron chi connectivity index (χ3n) is 13.9. The van der Waals surface area contributed by atoms with E-state index in [1.54, 1.807) is 12.1 Å². The number of rotatable bonds is 4. The van der Waals surface area contributed by atoms with E-state index in [0.29, 0.717) is 44.6 Å². The summed E-state index contributed by atoms with van der Waals surface area (Å²) in [4.78, 5) is 26.9. The number of benzene rings is 1. The smallest absolute Gasteiger partial charge is 0.302 e. The molecule has 6 fully saturated rings. The molecule has 46 heavy (non-hydrogen) atoms. The van der Waals surface area contributed by atoms with Crippen molar-refractivity contribution in [2.24, 2.45) is 46.3 Å². The van der Waals surface area contributed by atoms with Gasteiger partial charge in [-0.2, -0.15) is 8.42 Å². The maximum absolute atomic E-state index is 15.2. The summed E-state index contributed by atoms with van der Waals surface area (Å²) in [7, 11) is -4.41. The molecule has 1 spiro atoms. The molecule has 10 heteroatoms. The maximum atomic E-state index is 15.2. The second-order valence-corrected chi connectivity index (χ2v) is 17.7. The van der Waals surface area contributed by atoms with Crippen LogP contribution in [-0.2, 0) is 38.1 Å². The van der Waals surface area contributed by atoms with Crippen molar-refractivity contribution in [3.8, 4) is 0 Å².